The molecule has 2 saturated heterocycles. The molecule has 126 valence electrons. The first-order chi connectivity index (χ1) is 11.0. The molecule has 2 atom stereocenters. The van der Waals surface area contributed by atoms with Gasteiger partial charge in [-0.15, -0.1) is 0 Å². The molecule has 0 radical (unpaired) electrons. The molecule has 0 aromatic heterocycles. The molecule has 23 heavy (non-hydrogen) atoms. The molecule has 4 N–H and O–H groups in total. The Bertz CT molecular complexity index is 607. The molecule has 2 heterocycles. The van der Waals surface area contributed by atoms with Crippen LogP contribution in [0.4, 0.5) is 5.69 Å². The van der Waals surface area contributed by atoms with Gasteiger partial charge in [0, 0.05) is 30.2 Å². The van der Waals surface area contributed by atoms with Crippen LogP contribution in [-0.2, 0) is 0 Å². The van der Waals surface area contributed by atoms with Crippen molar-refractivity contribution in [3.8, 4) is 5.75 Å². The summed E-state index contributed by atoms with van der Waals surface area (Å²) < 4.78 is 0. The molecule has 1 aromatic rings. The summed E-state index contributed by atoms with van der Waals surface area (Å²) in [7, 11) is 2.06. The lowest BCUT2D eigenvalue weighted by Gasteiger charge is -2.53. The van der Waals surface area contributed by atoms with Gasteiger partial charge in [0.05, 0.1) is 12.2 Å². The van der Waals surface area contributed by atoms with E-state index in [1.807, 2.05) is 0 Å². The minimum Gasteiger partial charge on any atom is -0.508 e. The fraction of sp³-hybridized carbons (Fsp3) is 0.588. The van der Waals surface area contributed by atoms with Crippen LogP contribution in [0.25, 0.3) is 0 Å². The lowest BCUT2D eigenvalue weighted by molar-refractivity contribution is -0.0601. The summed E-state index contributed by atoms with van der Waals surface area (Å²) in [5, 5.41) is 19.6. The first-order valence-corrected chi connectivity index (χ1v) is 8.16. The summed E-state index contributed by atoms with van der Waals surface area (Å²) in [6, 6.07) is 4.62. The largest absolute Gasteiger partial charge is 0.508 e. The maximum absolute atomic E-state index is 12.8. The van der Waals surface area contributed by atoms with Crippen LogP contribution in [0.2, 0.25) is 0 Å². The molecule has 3 rings (SSSR count). The van der Waals surface area contributed by atoms with Gasteiger partial charge in [-0.3, -0.25) is 4.79 Å². The SMILES string of the molecule is CN1CCC[C@]2(CO)CCN(C(=O)c3cc(O)ccc3N)C[C@@H]12. The average Bonchev–Trinajstić information content (AvgIpc) is 2.56. The van der Waals surface area contributed by atoms with Gasteiger partial charge >= 0.3 is 0 Å². The number of aliphatic hydroxyl groups is 1. The molecule has 0 bridgehead atoms. The van der Waals surface area contributed by atoms with Gasteiger partial charge < -0.3 is 25.7 Å². The van der Waals surface area contributed by atoms with Crippen molar-refractivity contribution in [2.24, 2.45) is 5.41 Å². The van der Waals surface area contributed by atoms with Gasteiger partial charge in [-0.2, -0.15) is 0 Å². The van der Waals surface area contributed by atoms with E-state index in [0.717, 1.165) is 25.8 Å². The number of rotatable bonds is 2. The van der Waals surface area contributed by atoms with Crippen LogP contribution in [0.3, 0.4) is 0 Å². The van der Waals surface area contributed by atoms with E-state index in [1.54, 1.807) is 11.0 Å². The summed E-state index contributed by atoms with van der Waals surface area (Å²) in [6.45, 7) is 2.35. The number of carbonyl (C=O) groups is 1. The zero-order valence-electron chi connectivity index (χ0n) is 13.5. The van der Waals surface area contributed by atoms with Gasteiger partial charge in [-0.25, -0.2) is 0 Å². The van der Waals surface area contributed by atoms with E-state index < -0.39 is 0 Å². The smallest absolute Gasteiger partial charge is 0.256 e. The lowest BCUT2D eigenvalue weighted by Crippen LogP contribution is -2.62. The van der Waals surface area contributed by atoms with Crippen molar-refractivity contribution >= 4 is 11.6 Å². The van der Waals surface area contributed by atoms with Crippen LogP contribution in [0.5, 0.6) is 5.75 Å². The van der Waals surface area contributed by atoms with Crippen LogP contribution in [-0.4, -0.2) is 65.3 Å². The van der Waals surface area contributed by atoms with Gasteiger partial charge in [0.15, 0.2) is 0 Å². The maximum Gasteiger partial charge on any atom is 0.256 e. The van der Waals surface area contributed by atoms with Crippen molar-refractivity contribution in [1.29, 1.82) is 0 Å². The minimum absolute atomic E-state index is 0.0408. The second-order valence-corrected chi connectivity index (χ2v) is 6.89. The van der Waals surface area contributed by atoms with Crippen molar-refractivity contribution in [3.05, 3.63) is 23.8 Å². The Labute approximate surface area is 136 Å². The predicted molar refractivity (Wildman–Crippen MR) is 88.2 cm³/mol. The molecule has 6 nitrogen and oxygen atoms in total. The van der Waals surface area contributed by atoms with E-state index in [4.69, 9.17) is 5.73 Å². The molecule has 1 aromatic carbocycles. The van der Waals surface area contributed by atoms with E-state index in [9.17, 15) is 15.0 Å². The van der Waals surface area contributed by atoms with Gasteiger partial charge in [-0.05, 0) is 51.1 Å². The topological polar surface area (TPSA) is 90.0 Å². The number of nitrogens with zero attached hydrogens (tertiary/aromatic N) is 2. The standard InChI is InChI=1S/C17H25N3O3/c1-19-7-2-5-17(11-21)6-8-20(10-15(17)19)16(23)13-9-12(22)3-4-14(13)18/h3-4,9,15,21-22H,2,5-8,10-11,18H2,1H3/t15-,17-/m1/s1. The quantitative estimate of drug-likeness (QED) is 0.556. The van der Waals surface area contributed by atoms with Crippen molar-refractivity contribution in [2.45, 2.75) is 25.3 Å². The average molecular weight is 319 g/mol. The number of nitrogen functional groups attached to an aromatic ring is 1. The number of phenolic OH excluding ortho intramolecular Hbond substituents is 1. The Morgan fingerprint density at radius 1 is 1.39 bits per heavy atom. The molecule has 6 heteroatoms. The van der Waals surface area contributed by atoms with Crippen LogP contribution in [0, 0.1) is 5.41 Å². The zero-order valence-corrected chi connectivity index (χ0v) is 13.5. The number of nitrogens with two attached hydrogens (primary N) is 1. The van der Waals surface area contributed by atoms with Crippen LogP contribution >= 0.6 is 0 Å². The molecule has 0 saturated carbocycles. The van der Waals surface area contributed by atoms with Crippen molar-refractivity contribution in [3.63, 3.8) is 0 Å². The molecule has 0 aliphatic carbocycles. The summed E-state index contributed by atoms with van der Waals surface area (Å²) in [6.07, 6.45) is 2.89. The van der Waals surface area contributed by atoms with Gasteiger partial charge in [-0.1, -0.05) is 0 Å². The maximum atomic E-state index is 12.8. The summed E-state index contributed by atoms with van der Waals surface area (Å²) in [5.41, 5.74) is 6.52. The molecule has 1 amide bonds. The summed E-state index contributed by atoms with van der Waals surface area (Å²) in [4.78, 5) is 16.9. The van der Waals surface area contributed by atoms with Crippen LogP contribution in [0.1, 0.15) is 29.6 Å². The van der Waals surface area contributed by atoms with Crippen molar-refractivity contribution in [1.82, 2.24) is 9.80 Å². The second-order valence-electron chi connectivity index (χ2n) is 6.89. The third kappa shape index (κ3) is 2.77. The highest BCUT2D eigenvalue weighted by molar-refractivity contribution is 5.99. The van der Waals surface area contributed by atoms with E-state index in [-0.39, 0.29) is 29.7 Å². The van der Waals surface area contributed by atoms with Crippen LogP contribution < -0.4 is 5.73 Å². The fourth-order valence-corrected chi connectivity index (χ4v) is 4.10. The Hall–Kier alpha value is -1.79. The van der Waals surface area contributed by atoms with Crippen LogP contribution in [0.15, 0.2) is 18.2 Å². The molecule has 2 fully saturated rings. The lowest BCUT2D eigenvalue weighted by atomic mass is 9.69. The number of benzene rings is 1. The first-order valence-electron chi connectivity index (χ1n) is 8.16. The van der Waals surface area contributed by atoms with E-state index in [2.05, 4.69) is 11.9 Å². The number of carbonyl (C=O) groups excluding carboxylic acids is 1. The van der Waals surface area contributed by atoms with Gasteiger partial charge in [0.1, 0.15) is 5.75 Å². The minimum atomic E-state index is -0.149. The number of fused-ring (bicyclic) bond motifs is 1. The fourth-order valence-electron chi connectivity index (χ4n) is 4.10. The Morgan fingerprint density at radius 3 is 2.91 bits per heavy atom. The molecule has 0 unspecified atom stereocenters. The number of aromatic hydroxyl groups is 1. The monoisotopic (exact) mass is 319 g/mol. The third-order valence-corrected chi connectivity index (χ3v) is 5.57. The second kappa shape index (κ2) is 6.02. The van der Waals surface area contributed by atoms with Gasteiger partial charge in [0.2, 0.25) is 0 Å². The highest BCUT2D eigenvalue weighted by Gasteiger charge is 2.47. The van der Waals surface area contributed by atoms with E-state index >= 15 is 0 Å². The van der Waals surface area contributed by atoms with Gasteiger partial charge in [0.25, 0.3) is 5.91 Å². The zero-order chi connectivity index (χ0) is 16.6. The number of anilines is 1. The van der Waals surface area contributed by atoms with Crippen molar-refractivity contribution in [2.75, 3.05) is 39.0 Å². The molecule has 2 aliphatic rings. The predicted octanol–water partition coefficient (Wildman–Crippen LogP) is 0.893. The highest BCUT2D eigenvalue weighted by Crippen LogP contribution is 2.41. The molecular weight excluding hydrogens is 294 g/mol. The Kier molecular flexibility index (Phi) is 4.21. The number of phenols is 1. The molecule has 2 aliphatic heterocycles. The Morgan fingerprint density at radius 2 is 2.17 bits per heavy atom. The number of piperidine rings is 2. The molecule has 0 spiro atoms. The first kappa shape index (κ1) is 16.1. The summed E-state index contributed by atoms with van der Waals surface area (Å²) in [5.74, 6) is -0.108. The highest BCUT2D eigenvalue weighted by atomic mass is 16.3. The van der Waals surface area contributed by atoms with E-state index in [0.29, 0.717) is 24.3 Å². The number of hydrogen-bond donors (Lipinski definition) is 3. The number of aliphatic hydroxyl groups excluding tert-OH is 1. The van der Waals surface area contributed by atoms with E-state index in [1.165, 1.54) is 12.1 Å². The Balaban J connectivity index is 1.83. The number of amides is 1. The number of likely N-dealkylation sites (N-methyl/N-ethyl adjacent to an activating group) is 1. The number of hydrogen-bond acceptors (Lipinski definition) is 5. The number of likely N-dealkylation sites (tertiary alicyclic amines) is 2. The van der Waals surface area contributed by atoms with Crippen molar-refractivity contribution < 1.29 is 15.0 Å². The summed E-state index contributed by atoms with van der Waals surface area (Å²) >= 11 is 0. The molecular formula is C17H25N3O3. The normalized spacial score (nSPS) is 28.4. The third-order valence-electron chi connectivity index (χ3n) is 5.57.